The maximum atomic E-state index is 11.3. The van der Waals surface area contributed by atoms with Gasteiger partial charge in [0.15, 0.2) is 0 Å². The fourth-order valence-corrected chi connectivity index (χ4v) is 3.35. The van der Waals surface area contributed by atoms with E-state index in [0.29, 0.717) is 11.8 Å². The second-order valence-electron chi connectivity index (χ2n) is 5.03. The summed E-state index contributed by atoms with van der Waals surface area (Å²) in [6.07, 6.45) is 1.54. The van der Waals surface area contributed by atoms with Crippen molar-refractivity contribution < 1.29 is 25.9 Å². The van der Waals surface area contributed by atoms with Crippen molar-refractivity contribution in [2.24, 2.45) is 0 Å². The van der Waals surface area contributed by atoms with E-state index >= 15 is 0 Å². The number of hydrogen-bond donors (Lipinski definition) is 3. The fourth-order valence-electron chi connectivity index (χ4n) is 2.17. The number of hydrogen-bond acceptors (Lipinski definition) is 5. The summed E-state index contributed by atoms with van der Waals surface area (Å²) in [7, 11) is -9.25. The molecule has 0 radical (unpaired) electrons. The lowest BCUT2D eigenvalue weighted by molar-refractivity contribution is 0.481. The van der Waals surface area contributed by atoms with Crippen LogP contribution in [0.3, 0.4) is 0 Å². The maximum absolute atomic E-state index is 11.3. The summed E-state index contributed by atoms with van der Waals surface area (Å²) >= 11 is 0. The molecule has 0 aliphatic heterocycles. The van der Waals surface area contributed by atoms with Gasteiger partial charge in [-0.25, -0.2) is 0 Å². The van der Waals surface area contributed by atoms with Gasteiger partial charge in [0.25, 0.3) is 20.2 Å². The van der Waals surface area contributed by atoms with Gasteiger partial charge in [-0.2, -0.15) is 16.8 Å². The average Bonchev–Trinajstić information content (AvgIpc) is 2.68. The van der Waals surface area contributed by atoms with Crippen molar-refractivity contribution in [3.05, 3.63) is 41.6 Å². The third kappa shape index (κ3) is 3.55. The Kier molecular flexibility index (Phi) is 4.18. The molecule has 2 rings (SSSR count). The molecule has 1 aromatic rings. The van der Waals surface area contributed by atoms with Crippen LogP contribution in [0.5, 0.6) is 0 Å². The van der Waals surface area contributed by atoms with E-state index in [0.717, 1.165) is 36.1 Å². The first-order chi connectivity index (χ1) is 9.98. The second kappa shape index (κ2) is 5.51. The highest BCUT2D eigenvalue weighted by atomic mass is 32.2. The van der Waals surface area contributed by atoms with Gasteiger partial charge in [0.1, 0.15) is 0 Å². The first-order valence-corrected chi connectivity index (χ1v) is 9.11. The van der Waals surface area contributed by atoms with Crippen molar-refractivity contribution >= 4 is 25.9 Å². The van der Waals surface area contributed by atoms with E-state index in [4.69, 9.17) is 9.11 Å². The van der Waals surface area contributed by atoms with Gasteiger partial charge < -0.3 is 5.32 Å². The van der Waals surface area contributed by atoms with Gasteiger partial charge >= 0.3 is 0 Å². The molecule has 1 aromatic carbocycles. The molecule has 1 aliphatic carbocycles. The van der Waals surface area contributed by atoms with Crippen molar-refractivity contribution in [3.8, 4) is 0 Å². The van der Waals surface area contributed by atoms with Crippen molar-refractivity contribution in [3.63, 3.8) is 0 Å². The molecule has 7 nitrogen and oxygen atoms in total. The maximum Gasteiger partial charge on any atom is 0.294 e. The van der Waals surface area contributed by atoms with Gasteiger partial charge in [-0.15, -0.1) is 0 Å². The van der Waals surface area contributed by atoms with Crippen LogP contribution in [-0.4, -0.2) is 25.9 Å². The number of nitrogens with one attached hydrogen (secondary N) is 1. The van der Waals surface area contributed by atoms with Crippen LogP contribution in [0.25, 0.3) is 0 Å². The Morgan fingerprint density at radius 2 is 1.50 bits per heavy atom. The van der Waals surface area contributed by atoms with Crippen molar-refractivity contribution in [1.29, 1.82) is 0 Å². The zero-order valence-corrected chi connectivity index (χ0v) is 13.3. The molecule has 0 bridgehead atoms. The van der Waals surface area contributed by atoms with E-state index in [1.807, 2.05) is 6.92 Å². The first-order valence-electron chi connectivity index (χ1n) is 6.23. The lowest BCUT2D eigenvalue weighted by Gasteiger charge is -2.12. The summed E-state index contributed by atoms with van der Waals surface area (Å²) in [5, 5.41) is 2.89. The molecule has 22 heavy (non-hydrogen) atoms. The van der Waals surface area contributed by atoms with E-state index in [1.54, 1.807) is 0 Å². The Morgan fingerprint density at radius 3 is 1.86 bits per heavy atom. The predicted octanol–water partition coefficient (Wildman–Crippen LogP) is 2.22. The fraction of sp³-hybridized carbons (Fsp3) is 0.231. The van der Waals surface area contributed by atoms with Crippen molar-refractivity contribution in [2.45, 2.75) is 29.6 Å². The molecule has 0 saturated carbocycles. The van der Waals surface area contributed by atoms with Gasteiger partial charge in [-0.1, -0.05) is 6.58 Å². The van der Waals surface area contributed by atoms with Crippen LogP contribution in [0.4, 0.5) is 5.69 Å². The molecule has 3 N–H and O–H groups in total. The second-order valence-corrected chi connectivity index (χ2v) is 7.87. The lowest BCUT2D eigenvalue weighted by Crippen LogP contribution is -2.07. The Balaban J connectivity index is 2.57. The minimum absolute atomic E-state index is 0.111. The predicted molar refractivity (Wildman–Crippen MR) is 80.8 cm³/mol. The number of rotatable bonds is 4. The van der Waals surface area contributed by atoms with Crippen LogP contribution < -0.4 is 5.32 Å². The van der Waals surface area contributed by atoms with Crippen LogP contribution in [-0.2, 0) is 20.2 Å². The van der Waals surface area contributed by atoms with Gasteiger partial charge in [0.2, 0.25) is 0 Å². The van der Waals surface area contributed by atoms with Crippen molar-refractivity contribution in [2.75, 3.05) is 5.32 Å². The summed E-state index contributed by atoms with van der Waals surface area (Å²) in [4.78, 5) is -1.26. The summed E-state index contributed by atoms with van der Waals surface area (Å²) in [5.74, 6) is 0. The minimum Gasteiger partial charge on any atom is -0.355 e. The summed E-state index contributed by atoms with van der Waals surface area (Å²) in [5.41, 5.74) is 2.60. The number of allylic oxidation sites excluding steroid dienone is 2. The van der Waals surface area contributed by atoms with Gasteiger partial charge in [-0.05, 0) is 49.1 Å². The highest BCUT2D eigenvalue weighted by Gasteiger charge is 2.20. The quantitative estimate of drug-likeness (QED) is 0.715. The summed E-state index contributed by atoms with van der Waals surface area (Å²) in [6, 6.07) is 2.84. The van der Waals surface area contributed by atoms with Gasteiger partial charge in [0, 0.05) is 11.4 Å². The molecule has 0 amide bonds. The molecular weight excluding hydrogens is 330 g/mol. The Bertz CT molecular complexity index is 831. The molecule has 0 saturated heterocycles. The molecule has 0 fully saturated rings. The molecule has 9 heteroatoms. The van der Waals surface area contributed by atoms with E-state index in [9.17, 15) is 16.8 Å². The highest BCUT2D eigenvalue weighted by Crippen LogP contribution is 2.32. The largest absolute Gasteiger partial charge is 0.355 e. The molecule has 0 aromatic heterocycles. The molecule has 0 atom stereocenters. The first kappa shape index (κ1) is 16.7. The van der Waals surface area contributed by atoms with Gasteiger partial charge in [0.05, 0.1) is 9.79 Å². The third-order valence-electron chi connectivity index (χ3n) is 3.33. The van der Waals surface area contributed by atoms with Gasteiger partial charge in [-0.3, -0.25) is 9.11 Å². The standard InChI is InChI=1S/C13H15NO6S2/c1-8-3-4-9(2)13(8)14-10-5-11(21(15,16)17)7-12(6-10)22(18,19)20/h5-7,14H,1,3-4H2,2H3,(H,15,16,17)(H,18,19,20). The Morgan fingerprint density at radius 1 is 1.00 bits per heavy atom. The monoisotopic (exact) mass is 345 g/mol. The zero-order valence-electron chi connectivity index (χ0n) is 11.7. The minimum atomic E-state index is -4.62. The van der Waals surface area contributed by atoms with Crippen LogP contribution in [0.15, 0.2) is 51.4 Å². The molecule has 0 heterocycles. The zero-order chi connectivity index (χ0) is 16.7. The van der Waals surface area contributed by atoms with Crippen LogP contribution >= 0.6 is 0 Å². The van der Waals surface area contributed by atoms with Crippen LogP contribution in [0.2, 0.25) is 0 Å². The molecule has 1 aliphatic rings. The SMILES string of the molecule is C=C1CCC(C)=C1Nc1cc(S(=O)(=O)O)cc(S(=O)(=O)O)c1. The number of anilines is 1. The topological polar surface area (TPSA) is 121 Å². The van der Waals surface area contributed by atoms with Crippen molar-refractivity contribution in [1.82, 2.24) is 0 Å². The van der Waals surface area contributed by atoms with E-state index < -0.39 is 30.0 Å². The summed E-state index contributed by atoms with van der Waals surface area (Å²) < 4.78 is 63.2. The van der Waals surface area contributed by atoms with Crippen LogP contribution in [0.1, 0.15) is 19.8 Å². The molecule has 0 spiro atoms. The third-order valence-corrected chi connectivity index (χ3v) is 4.99. The number of benzene rings is 1. The van der Waals surface area contributed by atoms with E-state index in [2.05, 4.69) is 11.9 Å². The lowest BCUT2D eigenvalue weighted by atomic mass is 10.2. The molecular formula is C13H15NO6S2. The normalized spacial score (nSPS) is 16.2. The Labute approximate surface area is 128 Å². The molecule has 0 unspecified atom stereocenters. The average molecular weight is 345 g/mol. The molecule has 120 valence electrons. The van der Waals surface area contributed by atoms with Crippen LogP contribution in [0, 0.1) is 0 Å². The smallest absolute Gasteiger partial charge is 0.294 e. The Hall–Kier alpha value is -1.68. The van der Waals surface area contributed by atoms with E-state index in [1.165, 1.54) is 0 Å². The highest BCUT2D eigenvalue weighted by molar-refractivity contribution is 7.86. The summed E-state index contributed by atoms with van der Waals surface area (Å²) in [6.45, 7) is 5.74. The van der Waals surface area contributed by atoms with E-state index in [-0.39, 0.29) is 5.69 Å².